The van der Waals surface area contributed by atoms with Crippen LogP contribution in [0.4, 0.5) is 0 Å². The average Bonchev–Trinajstić information content (AvgIpc) is 2.24. The van der Waals surface area contributed by atoms with Crippen LogP contribution in [0.15, 0.2) is 0 Å². The molecule has 1 atom stereocenters. The molecule has 1 unspecified atom stereocenters. The van der Waals surface area contributed by atoms with E-state index in [-0.39, 0.29) is 6.54 Å². The van der Waals surface area contributed by atoms with Gasteiger partial charge in [-0.25, -0.2) is 4.79 Å². The van der Waals surface area contributed by atoms with Crippen molar-refractivity contribution in [3.63, 3.8) is 0 Å². The molecule has 0 aliphatic heterocycles. The Morgan fingerprint density at radius 3 is 2.16 bits per heavy atom. The molecule has 5 N–H and O–H groups in total. The second kappa shape index (κ2) is 7.66. The Morgan fingerprint density at radius 2 is 1.74 bits per heavy atom. The summed E-state index contributed by atoms with van der Waals surface area (Å²) in [5, 5.41) is 15.2. The smallest absolute Gasteiger partial charge is 0.327 e. The molecule has 0 aliphatic rings. The van der Waals surface area contributed by atoms with Crippen LogP contribution in [-0.4, -0.2) is 67.8 Å². The van der Waals surface area contributed by atoms with E-state index in [0.717, 1.165) is 0 Å². The number of likely N-dealkylation sites (N-methyl/N-ethyl adjacent to an activating group) is 1. The van der Waals surface area contributed by atoms with E-state index in [0.29, 0.717) is 0 Å². The van der Waals surface area contributed by atoms with Crippen LogP contribution in [0.5, 0.6) is 0 Å². The number of carbonyl (C=O) groups is 3. The SMILES string of the molecule is CNCC(=O)NCC(=O)NC(CS(=O)(=O)O)C(=O)O. The molecule has 19 heavy (non-hydrogen) atoms. The van der Waals surface area contributed by atoms with Crippen molar-refractivity contribution in [1.29, 1.82) is 0 Å². The van der Waals surface area contributed by atoms with Gasteiger partial charge in [-0.2, -0.15) is 8.42 Å². The monoisotopic (exact) mass is 297 g/mol. The molecular formula is C8H15N3O7S. The lowest BCUT2D eigenvalue weighted by atomic mass is 10.3. The summed E-state index contributed by atoms with van der Waals surface area (Å²) in [6.45, 7) is -0.531. The molecule has 0 aromatic carbocycles. The van der Waals surface area contributed by atoms with Crippen LogP contribution in [-0.2, 0) is 24.5 Å². The molecule has 0 heterocycles. The number of carboxylic acid groups (broad SMARTS) is 1. The summed E-state index contributed by atoms with van der Waals surface area (Å²) in [7, 11) is -3.03. The van der Waals surface area contributed by atoms with Crippen LogP contribution in [0.1, 0.15) is 0 Å². The van der Waals surface area contributed by atoms with E-state index in [1.165, 1.54) is 7.05 Å². The van der Waals surface area contributed by atoms with E-state index in [1.54, 1.807) is 0 Å². The predicted octanol–water partition coefficient (Wildman–Crippen LogP) is -3.22. The van der Waals surface area contributed by atoms with Crippen molar-refractivity contribution in [3.8, 4) is 0 Å². The number of rotatable bonds is 8. The van der Waals surface area contributed by atoms with Gasteiger partial charge < -0.3 is 21.1 Å². The van der Waals surface area contributed by atoms with Crippen molar-refractivity contribution in [3.05, 3.63) is 0 Å². The fourth-order valence-electron chi connectivity index (χ4n) is 1.03. The van der Waals surface area contributed by atoms with Gasteiger partial charge in [-0.05, 0) is 7.05 Å². The molecule has 10 nitrogen and oxygen atoms in total. The number of carbonyl (C=O) groups excluding carboxylic acids is 2. The number of aliphatic carboxylic acids is 1. The van der Waals surface area contributed by atoms with Gasteiger partial charge >= 0.3 is 5.97 Å². The minimum absolute atomic E-state index is 0.0271. The zero-order valence-electron chi connectivity index (χ0n) is 10.0. The molecule has 110 valence electrons. The average molecular weight is 297 g/mol. The summed E-state index contributed by atoms with van der Waals surface area (Å²) in [6.07, 6.45) is 0. The minimum atomic E-state index is -4.55. The van der Waals surface area contributed by atoms with Crippen molar-refractivity contribution in [2.24, 2.45) is 0 Å². The topological polar surface area (TPSA) is 162 Å². The molecule has 0 saturated heterocycles. The lowest BCUT2D eigenvalue weighted by Gasteiger charge is -2.13. The molecule has 2 amide bonds. The minimum Gasteiger partial charge on any atom is -0.480 e. The molecule has 0 radical (unpaired) electrons. The zero-order chi connectivity index (χ0) is 15.1. The van der Waals surface area contributed by atoms with E-state index >= 15 is 0 Å². The standard InChI is InChI=1S/C8H15N3O7S/c1-9-2-6(12)10-3-7(13)11-5(8(14)15)4-19(16,17)18/h5,9H,2-4H2,1H3,(H,10,12)(H,11,13)(H,14,15)(H,16,17,18). The second-order valence-electron chi connectivity index (χ2n) is 3.51. The number of hydrogen-bond donors (Lipinski definition) is 5. The van der Waals surface area contributed by atoms with Crippen LogP contribution < -0.4 is 16.0 Å². The van der Waals surface area contributed by atoms with Crippen molar-refractivity contribution >= 4 is 27.9 Å². The van der Waals surface area contributed by atoms with E-state index in [4.69, 9.17) is 9.66 Å². The highest BCUT2D eigenvalue weighted by Gasteiger charge is 2.25. The van der Waals surface area contributed by atoms with Crippen LogP contribution in [0.2, 0.25) is 0 Å². The van der Waals surface area contributed by atoms with Gasteiger partial charge in [-0.15, -0.1) is 0 Å². The summed E-state index contributed by atoms with van der Waals surface area (Å²) in [5.41, 5.74) is 0. The molecular weight excluding hydrogens is 282 g/mol. The van der Waals surface area contributed by atoms with Crippen LogP contribution >= 0.6 is 0 Å². The Morgan fingerprint density at radius 1 is 1.16 bits per heavy atom. The number of carboxylic acids is 1. The summed E-state index contributed by atoms with van der Waals surface area (Å²) in [5.74, 6) is -4.15. The quantitative estimate of drug-likeness (QED) is 0.292. The van der Waals surface area contributed by atoms with Crippen molar-refractivity contribution in [2.75, 3.05) is 25.9 Å². The highest BCUT2D eigenvalue weighted by molar-refractivity contribution is 7.85. The van der Waals surface area contributed by atoms with Crippen molar-refractivity contribution < 1.29 is 32.5 Å². The fourth-order valence-corrected chi connectivity index (χ4v) is 1.68. The number of hydrogen-bond acceptors (Lipinski definition) is 6. The summed E-state index contributed by atoms with van der Waals surface area (Å²) >= 11 is 0. The first-order valence-corrected chi connectivity index (χ1v) is 6.65. The first kappa shape index (κ1) is 17.3. The van der Waals surface area contributed by atoms with Gasteiger partial charge in [0.1, 0.15) is 11.8 Å². The molecule has 0 saturated carbocycles. The maximum Gasteiger partial charge on any atom is 0.327 e. The molecule has 0 aromatic rings. The van der Waals surface area contributed by atoms with Gasteiger partial charge in [0, 0.05) is 0 Å². The fraction of sp³-hybridized carbons (Fsp3) is 0.625. The van der Waals surface area contributed by atoms with Crippen LogP contribution in [0, 0.1) is 0 Å². The Labute approximate surface area is 109 Å². The Hall–Kier alpha value is -1.72. The third-order valence-electron chi connectivity index (χ3n) is 1.79. The van der Waals surface area contributed by atoms with Crippen LogP contribution in [0.3, 0.4) is 0 Å². The highest BCUT2D eigenvalue weighted by Crippen LogP contribution is 1.91. The Kier molecular flexibility index (Phi) is 6.96. The van der Waals surface area contributed by atoms with Crippen molar-refractivity contribution in [2.45, 2.75) is 6.04 Å². The van der Waals surface area contributed by atoms with Gasteiger partial charge in [-0.3, -0.25) is 14.1 Å². The highest BCUT2D eigenvalue weighted by atomic mass is 32.2. The van der Waals surface area contributed by atoms with Crippen LogP contribution in [0.25, 0.3) is 0 Å². The third kappa shape index (κ3) is 8.93. The lowest BCUT2D eigenvalue weighted by molar-refractivity contribution is -0.141. The Balaban J connectivity index is 4.33. The maximum absolute atomic E-state index is 11.3. The predicted molar refractivity (Wildman–Crippen MR) is 62.9 cm³/mol. The van der Waals surface area contributed by atoms with Gasteiger partial charge in [0.2, 0.25) is 11.8 Å². The number of amides is 2. The van der Waals surface area contributed by atoms with Gasteiger partial charge in [0.05, 0.1) is 13.1 Å². The summed E-state index contributed by atoms with van der Waals surface area (Å²) in [6, 6.07) is -1.79. The summed E-state index contributed by atoms with van der Waals surface area (Å²) in [4.78, 5) is 32.9. The molecule has 0 fully saturated rings. The number of nitrogens with one attached hydrogen (secondary N) is 3. The van der Waals surface area contributed by atoms with E-state index in [2.05, 4.69) is 10.6 Å². The van der Waals surface area contributed by atoms with Gasteiger partial charge in [0.25, 0.3) is 10.1 Å². The first-order valence-electron chi connectivity index (χ1n) is 5.04. The molecule has 0 spiro atoms. The molecule has 0 aliphatic carbocycles. The molecule has 0 rings (SSSR count). The van der Waals surface area contributed by atoms with E-state index < -0.39 is 46.2 Å². The molecule has 11 heteroatoms. The van der Waals surface area contributed by atoms with Gasteiger partial charge in [0.15, 0.2) is 0 Å². The van der Waals surface area contributed by atoms with Gasteiger partial charge in [-0.1, -0.05) is 0 Å². The normalized spacial score (nSPS) is 12.5. The largest absolute Gasteiger partial charge is 0.480 e. The van der Waals surface area contributed by atoms with E-state index in [9.17, 15) is 22.8 Å². The molecule has 0 aromatic heterocycles. The van der Waals surface area contributed by atoms with Crippen molar-refractivity contribution in [1.82, 2.24) is 16.0 Å². The second-order valence-corrected chi connectivity index (χ2v) is 5.01. The first-order chi connectivity index (χ1) is 8.65. The lowest BCUT2D eigenvalue weighted by Crippen LogP contribution is -2.49. The van der Waals surface area contributed by atoms with E-state index in [1.807, 2.05) is 5.32 Å². The molecule has 0 bridgehead atoms. The zero-order valence-corrected chi connectivity index (χ0v) is 10.9. The third-order valence-corrected chi connectivity index (χ3v) is 2.55. The Bertz CT molecular complexity index is 447. The summed E-state index contributed by atoms with van der Waals surface area (Å²) < 4.78 is 29.6. The maximum atomic E-state index is 11.3.